The number of carbonyl (C=O) groups is 1. The lowest BCUT2D eigenvalue weighted by Crippen LogP contribution is -2.06. The first-order valence-corrected chi connectivity index (χ1v) is 8.12. The van der Waals surface area contributed by atoms with Crippen LogP contribution in [0.2, 0.25) is 5.02 Å². The van der Waals surface area contributed by atoms with Crippen molar-refractivity contribution in [3.8, 4) is 23.0 Å². The van der Waals surface area contributed by atoms with E-state index in [2.05, 4.69) is 0 Å². The number of ether oxygens (including phenoxy) is 3. The van der Waals surface area contributed by atoms with Gasteiger partial charge in [-0.2, -0.15) is 0 Å². The lowest BCUT2D eigenvalue weighted by atomic mass is 10.1. The molecule has 0 spiro atoms. The second kappa shape index (κ2) is 7.11. The van der Waals surface area contributed by atoms with Gasteiger partial charge in [-0.1, -0.05) is 17.7 Å². The van der Waals surface area contributed by atoms with E-state index in [0.717, 1.165) is 6.42 Å². The number of aryl methyl sites for hydroxylation is 1. The third-order valence-corrected chi connectivity index (χ3v) is 4.09. The number of benzene rings is 2. The normalized spacial score (nSPS) is 13.2. The summed E-state index contributed by atoms with van der Waals surface area (Å²) in [4.78, 5) is 12.1. The van der Waals surface area contributed by atoms with Gasteiger partial charge < -0.3 is 24.4 Å². The highest BCUT2D eigenvalue weighted by Gasteiger charge is 2.19. The highest BCUT2D eigenvalue weighted by Crippen LogP contribution is 2.38. The van der Waals surface area contributed by atoms with Gasteiger partial charge in [-0.3, -0.25) is 0 Å². The lowest BCUT2D eigenvalue weighted by molar-refractivity contribution is 0.0468. The van der Waals surface area contributed by atoms with Crippen molar-refractivity contribution in [1.82, 2.24) is 0 Å². The van der Waals surface area contributed by atoms with Gasteiger partial charge in [0.2, 0.25) is 0 Å². The Labute approximate surface area is 149 Å². The highest BCUT2D eigenvalue weighted by atomic mass is 35.5. The molecule has 2 N–H and O–H groups in total. The van der Waals surface area contributed by atoms with Gasteiger partial charge in [-0.15, -0.1) is 0 Å². The van der Waals surface area contributed by atoms with Crippen LogP contribution in [0.4, 0.5) is 0 Å². The second-order valence-corrected chi connectivity index (χ2v) is 6.07. The molecular weight excluding hydrogens is 348 g/mol. The van der Waals surface area contributed by atoms with Crippen molar-refractivity contribution in [3.63, 3.8) is 0 Å². The van der Waals surface area contributed by atoms with Crippen molar-refractivity contribution < 1.29 is 29.2 Å². The van der Waals surface area contributed by atoms with Crippen LogP contribution in [0.25, 0.3) is 0 Å². The second-order valence-electron chi connectivity index (χ2n) is 5.66. The molecule has 0 saturated carbocycles. The van der Waals surface area contributed by atoms with Crippen LogP contribution in [-0.4, -0.2) is 29.4 Å². The summed E-state index contributed by atoms with van der Waals surface area (Å²) in [5, 5.41) is 20.0. The third kappa shape index (κ3) is 3.58. The van der Waals surface area contributed by atoms with Crippen molar-refractivity contribution in [2.24, 2.45) is 0 Å². The van der Waals surface area contributed by atoms with Crippen molar-refractivity contribution in [2.45, 2.75) is 20.0 Å². The van der Waals surface area contributed by atoms with Crippen LogP contribution < -0.4 is 9.47 Å². The molecule has 1 aliphatic rings. The molecule has 0 radical (unpaired) electrons. The minimum Gasteiger partial charge on any atom is -0.504 e. The molecule has 6 nitrogen and oxygen atoms in total. The number of aromatic hydroxyl groups is 2. The van der Waals surface area contributed by atoms with Crippen LogP contribution in [-0.2, 0) is 11.3 Å². The van der Waals surface area contributed by atoms with Crippen LogP contribution in [0, 0.1) is 6.92 Å². The Morgan fingerprint density at radius 1 is 1.20 bits per heavy atom. The van der Waals surface area contributed by atoms with E-state index in [9.17, 15) is 15.0 Å². The molecule has 0 unspecified atom stereocenters. The average molecular weight is 365 g/mol. The molecule has 0 aromatic heterocycles. The molecule has 1 aliphatic heterocycles. The maximum absolute atomic E-state index is 12.1. The molecule has 2 aromatic rings. The fourth-order valence-electron chi connectivity index (χ4n) is 2.44. The summed E-state index contributed by atoms with van der Waals surface area (Å²) >= 11 is 6.20. The van der Waals surface area contributed by atoms with Crippen molar-refractivity contribution >= 4 is 17.6 Å². The first-order valence-electron chi connectivity index (χ1n) is 7.74. The van der Waals surface area contributed by atoms with Crippen molar-refractivity contribution in [1.29, 1.82) is 0 Å². The molecule has 0 bridgehead atoms. The zero-order valence-electron chi connectivity index (χ0n) is 13.5. The minimum absolute atomic E-state index is 0.0662. The van der Waals surface area contributed by atoms with Gasteiger partial charge in [0.05, 0.1) is 18.2 Å². The molecule has 25 heavy (non-hydrogen) atoms. The van der Waals surface area contributed by atoms with Crippen molar-refractivity contribution in [2.75, 3.05) is 13.2 Å². The Bertz CT molecular complexity index is 818. The molecule has 0 amide bonds. The summed E-state index contributed by atoms with van der Waals surface area (Å²) in [6.45, 7) is 2.59. The van der Waals surface area contributed by atoms with E-state index in [1.807, 2.05) is 0 Å². The predicted molar refractivity (Wildman–Crippen MR) is 90.7 cm³/mol. The van der Waals surface area contributed by atoms with Crippen molar-refractivity contribution in [3.05, 3.63) is 46.0 Å². The van der Waals surface area contributed by atoms with Gasteiger partial charge >= 0.3 is 5.97 Å². The molecule has 0 aliphatic carbocycles. The van der Waals surface area contributed by atoms with E-state index < -0.39 is 11.7 Å². The quantitative estimate of drug-likeness (QED) is 0.639. The zero-order valence-corrected chi connectivity index (χ0v) is 14.3. The molecule has 0 atom stereocenters. The monoisotopic (exact) mass is 364 g/mol. The highest BCUT2D eigenvalue weighted by molar-refractivity contribution is 6.32. The molecule has 2 aromatic carbocycles. The Kier molecular flexibility index (Phi) is 4.90. The lowest BCUT2D eigenvalue weighted by Gasteiger charge is -2.12. The molecular formula is C18H17ClO6. The Morgan fingerprint density at radius 2 is 1.96 bits per heavy atom. The van der Waals surface area contributed by atoms with Gasteiger partial charge in [0, 0.05) is 6.42 Å². The van der Waals surface area contributed by atoms with Gasteiger partial charge in [-0.25, -0.2) is 4.79 Å². The van der Waals surface area contributed by atoms with Crippen LogP contribution in [0.5, 0.6) is 23.0 Å². The number of phenols is 2. The van der Waals surface area contributed by atoms with Crippen LogP contribution in [0.15, 0.2) is 24.3 Å². The van der Waals surface area contributed by atoms with Gasteiger partial charge in [0.1, 0.15) is 12.2 Å². The van der Waals surface area contributed by atoms with Crippen LogP contribution >= 0.6 is 11.6 Å². The zero-order chi connectivity index (χ0) is 18.0. The number of hydrogen-bond donors (Lipinski definition) is 2. The largest absolute Gasteiger partial charge is 0.504 e. The van der Waals surface area contributed by atoms with Crippen LogP contribution in [0.1, 0.15) is 27.9 Å². The topological polar surface area (TPSA) is 85.2 Å². The Morgan fingerprint density at radius 3 is 2.76 bits per heavy atom. The number of esters is 1. The maximum atomic E-state index is 12.1. The maximum Gasteiger partial charge on any atom is 0.342 e. The predicted octanol–water partition coefficient (Wildman–Crippen LogP) is 3.58. The fourth-order valence-corrected chi connectivity index (χ4v) is 2.73. The first kappa shape index (κ1) is 17.2. The number of hydrogen-bond acceptors (Lipinski definition) is 6. The molecule has 0 fully saturated rings. The van der Waals surface area contributed by atoms with Gasteiger partial charge in [0.25, 0.3) is 0 Å². The van der Waals surface area contributed by atoms with E-state index in [0.29, 0.717) is 40.9 Å². The van der Waals surface area contributed by atoms with Crippen LogP contribution in [0.3, 0.4) is 0 Å². The van der Waals surface area contributed by atoms with E-state index >= 15 is 0 Å². The molecule has 132 valence electrons. The smallest absolute Gasteiger partial charge is 0.342 e. The molecule has 3 rings (SSSR count). The molecule has 7 heteroatoms. The van der Waals surface area contributed by atoms with E-state index in [1.165, 1.54) is 12.1 Å². The fraction of sp³-hybridized carbons (Fsp3) is 0.278. The third-order valence-electron chi connectivity index (χ3n) is 3.80. The Hall–Kier alpha value is -2.60. The molecule has 0 saturated heterocycles. The average Bonchev–Trinajstić information content (AvgIpc) is 2.83. The first-order chi connectivity index (χ1) is 12.0. The summed E-state index contributed by atoms with van der Waals surface area (Å²) < 4.78 is 16.3. The standard InChI is InChI=1S/C18H17ClO6/c1-10-3-4-12(16(21)15(10)20)18(22)25-9-11-7-13(19)17-14(8-11)23-5-2-6-24-17/h3-4,7-8,20-21H,2,5-6,9H2,1H3. The number of phenolic OH excluding ortho intramolecular Hbond substituents is 2. The number of halogens is 1. The van der Waals surface area contributed by atoms with E-state index in [-0.39, 0.29) is 17.9 Å². The van der Waals surface area contributed by atoms with Gasteiger partial charge in [0.15, 0.2) is 23.0 Å². The summed E-state index contributed by atoms with van der Waals surface area (Å²) in [5.74, 6) is -0.604. The molecule has 1 heterocycles. The summed E-state index contributed by atoms with van der Waals surface area (Å²) in [6.07, 6.45) is 0.755. The number of carbonyl (C=O) groups excluding carboxylic acids is 1. The summed E-state index contributed by atoms with van der Waals surface area (Å²) in [6, 6.07) is 6.25. The number of rotatable bonds is 3. The van der Waals surface area contributed by atoms with E-state index in [1.54, 1.807) is 19.1 Å². The SMILES string of the molecule is Cc1ccc(C(=O)OCc2cc(Cl)c3c(c2)OCCCO3)c(O)c1O. The number of fused-ring (bicyclic) bond motifs is 1. The summed E-state index contributed by atoms with van der Waals surface area (Å²) in [7, 11) is 0. The Balaban J connectivity index is 1.76. The van der Waals surface area contributed by atoms with E-state index in [4.69, 9.17) is 25.8 Å². The van der Waals surface area contributed by atoms with Gasteiger partial charge in [-0.05, 0) is 36.2 Å². The minimum atomic E-state index is -0.754. The summed E-state index contributed by atoms with van der Waals surface area (Å²) in [5.41, 5.74) is 0.977.